The van der Waals surface area contributed by atoms with E-state index in [1.54, 1.807) is 0 Å². The highest BCUT2D eigenvalue weighted by Gasteiger charge is 2.26. The second-order valence-electron chi connectivity index (χ2n) is 7.83. The Kier molecular flexibility index (Phi) is 7.76. The number of nitrogens with zero attached hydrogens (tertiary/aromatic N) is 2. The van der Waals surface area contributed by atoms with Gasteiger partial charge in [-0.05, 0) is 49.8 Å². The number of amides is 3. The molecule has 1 aromatic carbocycles. The van der Waals surface area contributed by atoms with Crippen molar-refractivity contribution in [3.63, 3.8) is 0 Å². The molecule has 1 saturated heterocycles. The molecule has 1 unspecified atom stereocenters. The van der Waals surface area contributed by atoms with Crippen LogP contribution in [0.25, 0.3) is 0 Å². The van der Waals surface area contributed by atoms with E-state index in [0.29, 0.717) is 18.0 Å². The van der Waals surface area contributed by atoms with Gasteiger partial charge in [-0.2, -0.15) is 0 Å². The van der Waals surface area contributed by atoms with E-state index >= 15 is 0 Å². The van der Waals surface area contributed by atoms with Gasteiger partial charge >= 0.3 is 6.03 Å². The fraction of sp³-hybridized carbons (Fsp3) is 0.435. The highest BCUT2D eigenvalue weighted by molar-refractivity contribution is 5.94. The summed E-state index contributed by atoms with van der Waals surface area (Å²) in [6, 6.07) is 10.1. The predicted octanol–water partition coefficient (Wildman–Crippen LogP) is 4.37. The van der Waals surface area contributed by atoms with E-state index in [9.17, 15) is 14.0 Å². The maximum Gasteiger partial charge on any atom is 0.316 e. The summed E-state index contributed by atoms with van der Waals surface area (Å²) < 4.78 is 14.3. The molecule has 1 aliphatic heterocycles. The molecule has 1 aromatic heterocycles. The number of hydrogen-bond acceptors (Lipinski definition) is 3. The minimum Gasteiger partial charge on any atom is -0.351 e. The van der Waals surface area contributed by atoms with Gasteiger partial charge in [-0.3, -0.25) is 9.78 Å². The van der Waals surface area contributed by atoms with Crippen molar-refractivity contribution >= 4 is 17.6 Å². The zero-order valence-corrected chi connectivity index (χ0v) is 17.1. The van der Waals surface area contributed by atoms with E-state index in [1.165, 1.54) is 12.3 Å². The van der Waals surface area contributed by atoms with E-state index in [1.807, 2.05) is 35.2 Å². The molecule has 0 bridgehead atoms. The molecular formula is C23H29FN4O2. The van der Waals surface area contributed by atoms with Crippen molar-refractivity contribution in [1.82, 2.24) is 9.88 Å². The molecule has 1 atom stereocenters. The number of benzene rings is 1. The van der Waals surface area contributed by atoms with Gasteiger partial charge in [0.1, 0.15) is 0 Å². The summed E-state index contributed by atoms with van der Waals surface area (Å²) in [4.78, 5) is 29.4. The predicted molar refractivity (Wildman–Crippen MR) is 115 cm³/mol. The normalized spacial score (nSPS) is 15.9. The zero-order chi connectivity index (χ0) is 21.3. The number of primary amides is 1. The highest BCUT2D eigenvalue weighted by atomic mass is 19.1. The Morgan fingerprint density at radius 3 is 2.67 bits per heavy atom. The lowest BCUT2D eigenvalue weighted by atomic mass is 9.99. The molecule has 3 rings (SSSR count). The molecule has 3 N–H and O–H groups in total. The van der Waals surface area contributed by atoms with Crippen LogP contribution in [0.5, 0.6) is 0 Å². The number of hydrogen-bond donors (Lipinski definition) is 2. The number of nitrogens with one attached hydrogen (secondary N) is 1. The number of rotatable bonds is 9. The highest BCUT2D eigenvalue weighted by Crippen LogP contribution is 2.24. The number of nitrogens with two attached hydrogens (primary N) is 1. The quantitative estimate of drug-likeness (QED) is 0.600. The summed E-state index contributed by atoms with van der Waals surface area (Å²) in [7, 11) is 0. The average Bonchev–Trinajstić information content (AvgIpc) is 3.21. The van der Waals surface area contributed by atoms with E-state index < -0.39 is 11.8 Å². The first-order valence-electron chi connectivity index (χ1n) is 10.6. The molecule has 2 heterocycles. The molecular weight excluding hydrogens is 383 g/mol. The fourth-order valence-electron chi connectivity index (χ4n) is 3.99. The number of unbranched alkanes of at least 4 members (excludes halogenated alkanes) is 3. The van der Waals surface area contributed by atoms with Gasteiger partial charge in [-0.25, -0.2) is 9.18 Å². The summed E-state index contributed by atoms with van der Waals surface area (Å²) in [6.07, 6.45) is 8.20. The van der Waals surface area contributed by atoms with Crippen LogP contribution in [0, 0.1) is 11.7 Å². The first kappa shape index (κ1) is 21.7. The second-order valence-corrected chi connectivity index (χ2v) is 7.83. The maximum atomic E-state index is 14.3. The van der Waals surface area contributed by atoms with Gasteiger partial charge < -0.3 is 16.0 Å². The van der Waals surface area contributed by atoms with Crippen molar-refractivity contribution in [2.75, 3.05) is 18.4 Å². The molecule has 0 aliphatic carbocycles. The number of urea groups is 1. The monoisotopic (exact) mass is 412 g/mol. The maximum absolute atomic E-state index is 14.3. The van der Waals surface area contributed by atoms with Crippen LogP contribution < -0.4 is 11.1 Å². The first-order chi connectivity index (χ1) is 14.5. The molecule has 7 heteroatoms. The number of anilines is 1. The van der Waals surface area contributed by atoms with Gasteiger partial charge in [0.25, 0.3) is 5.91 Å². The largest absolute Gasteiger partial charge is 0.351 e. The van der Waals surface area contributed by atoms with Crippen LogP contribution in [0.3, 0.4) is 0 Å². The third-order valence-electron chi connectivity index (χ3n) is 5.59. The number of aryl methyl sites for hydroxylation is 1. The van der Waals surface area contributed by atoms with Gasteiger partial charge in [0, 0.05) is 24.8 Å². The lowest BCUT2D eigenvalue weighted by molar-refractivity contribution is 0.0786. The number of carbonyl (C=O) groups is 2. The van der Waals surface area contributed by atoms with E-state index in [0.717, 1.165) is 57.2 Å². The Labute approximate surface area is 176 Å². The third kappa shape index (κ3) is 6.02. The molecule has 1 aliphatic rings. The lowest BCUT2D eigenvalue weighted by Gasteiger charge is -2.16. The third-order valence-corrected chi connectivity index (χ3v) is 5.59. The Balaban J connectivity index is 1.33. The van der Waals surface area contributed by atoms with Crippen LogP contribution in [0.1, 0.15) is 54.6 Å². The fourth-order valence-corrected chi connectivity index (χ4v) is 3.99. The van der Waals surface area contributed by atoms with Crippen molar-refractivity contribution < 1.29 is 14.0 Å². The van der Waals surface area contributed by atoms with Crippen LogP contribution in [0.15, 0.2) is 42.6 Å². The van der Waals surface area contributed by atoms with Gasteiger partial charge in [-0.15, -0.1) is 0 Å². The van der Waals surface area contributed by atoms with E-state index in [4.69, 9.17) is 5.73 Å². The summed E-state index contributed by atoms with van der Waals surface area (Å²) in [5.41, 5.74) is 6.23. The van der Waals surface area contributed by atoms with E-state index in [-0.39, 0.29) is 11.6 Å². The molecule has 3 amide bonds. The van der Waals surface area contributed by atoms with Crippen molar-refractivity contribution in [1.29, 1.82) is 0 Å². The summed E-state index contributed by atoms with van der Waals surface area (Å²) in [6.45, 7) is 1.67. The Morgan fingerprint density at radius 2 is 1.90 bits per heavy atom. The molecule has 6 nitrogen and oxygen atoms in total. The lowest BCUT2D eigenvalue weighted by Crippen LogP contribution is -2.28. The van der Waals surface area contributed by atoms with Crippen LogP contribution in [0.2, 0.25) is 0 Å². The Hall–Kier alpha value is -2.96. The number of pyridine rings is 1. The molecule has 30 heavy (non-hydrogen) atoms. The molecule has 0 spiro atoms. The molecule has 0 radical (unpaired) electrons. The molecule has 1 fully saturated rings. The first-order valence-corrected chi connectivity index (χ1v) is 10.6. The number of likely N-dealkylation sites (tertiary alicyclic amines) is 1. The number of aromatic nitrogens is 1. The summed E-state index contributed by atoms with van der Waals surface area (Å²) in [5, 5.41) is 2.27. The van der Waals surface area contributed by atoms with Crippen molar-refractivity contribution in [3.8, 4) is 0 Å². The van der Waals surface area contributed by atoms with Crippen molar-refractivity contribution in [2.45, 2.75) is 44.9 Å². The molecule has 2 aromatic rings. The Bertz CT molecular complexity index is 860. The number of carbonyl (C=O) groups excluding carboxylic acids is 2. The van der Waals surface area contributed by atoms with Crippen LogP contribution in [-0.4, -0.2) is 34.9 Å². The van der Waals surface area contributed by atoms with Crippen molar-refractivity contribution in [2.24, 2.45) is 11.7 Å². The SMILES string of the molecule is NC(=O)Nc1ccnc(CCCCCCC2CCN(C(=O)c3ccccc3)C2)c1F. The van der Waals surface area contributed by atoms with Gasteiger partial charge in [0.05, 0.1) is 11.4 Å². The smallest absolute Gasteiger partial charge is 0.316 e. The standard InChI is InChI=1S/C23H29FN4O2/c24-21-19(26-14-12-20(21)27-23(25)30)11-7-2-1-4-8-17-13-15-28(16-17)22(29)18-9-5-3-6-10-18/h3,5-6,9-10,12,14,17H,1-2,4,7-8,11,13,15-16H2,(H3,25,26,27,30). The molecule has 0 saturated carbocycles. The van der Waals surface area contributed by atoms with Crippen LogP contribution in [-0.2, 0) is 6.42 Å². The van der Waals surface area contributed by atoms with E-state index in [2.05, 4.69) is 10.3 Å². The van der Waals surface area contributed by atoms with Gasteiger partial charge in [-0.1, -0.05) is 37.5 Å². The second kappa shape index (κ2) is 10.7. The topological polar surface area (TPSA) is 88.3 Å². The number of halogens is 1. The minimum atomic E-state index is -0.790. The zero-order valence-electron chi connectivity index (χ0n) is 17.1. The van der Waals surface area contributed by atoms with Gasteiger partial charge in [0.15, 0.2) is 5.82 Å². The van der Waals surface area contributed by atoms with Crippen LogP contribution in [0.4, 0.5) is 14.9 Å². The Morgan fingerprint density at radius 1 is 1.13 bits per heavy atom. The summed E-state index contributed by atoms with van der Waals surface area (Å²) >= 11 is 0. The summed E-state index contributed by atoms with van der Waals surface area (Å²) in [5.74, 6) is 0.180. The molecule has 160 valence electrons. The average molecular weight is 413 g/mol. The minimum absolute atomic E-state index is 0.0725. The van der Waals surface area contributed by atoms with Crippen LogP contribution >= 0.6 is 0 Å². The van der Waals surface area contributed by atoms with Crippen molar-refractivity contribution in [3.05, 3.63) is 59.7 Å². The van der Waals surface area contributed by atoms with Gasteiger partial charge in [0.2, 0.25) is 0 Å².